The number of hydrogen-bond acceptors (Lipinski definition) is 8. The molecule has 4 saturated heterocycles. The summed E-state index contributed by atoms with van der Waals surface area (Å²) >= 11 is 3.78. The molecule has 11 nitrogen and oxygen atoms in total. The second-order valence-corrected chi connectivity index (χ2v) is 13.5. The number of ether oxygens (including phenoxy) is 3. The number of alkyl halides is 1. The van der Waals surface area contributed by atoms with Crippen molar-refractivity contribution in [1.82, 2.24) is 14.7 Å². The smallest absolute Gasteiger partial charge is 0.248 e. The number of halogens is 1. The van der Waals surface area contributed by atoms with Crippen molar-refractivity contribution < 1.29 is 33.7 Å². The van der Waals surface area contributed by atoms with Crippen molar-refractivity contribution in [2.75, 3.05) is 77.1 Å². The summed E-state index contributed by atoms with van der Waals surface area (Å²) in [7, 11) is 0. The third kappa shape index (κ3) is 6.64. The van der Waals surface area contributed by atoms with Gasteiger partial charge < -0.3 is 34.0 Å². The topological polar surface area (TPSA) is 112 Å². The minimum absolute atomic E-state index is 0.0148. The maximum Gasteiger partial charge on any atom is 0.248 e. The molecule has 46 heavy (non-hydrogen) atoms. The highest BCUT2D eigenvalue weighted by Crippen LogP contribution is 2.60. The van der Waals surface area contributed by atoms with Crippen LogP contribution in [0.4, 0.5) is 5.69 Å². The third-order valence-electron chi connectivity index (χ3n) is 9.60. The summed E-state index contributed by atoms with van der Waals surface area (Å²) in [5.74, 6) is -1.59. The van der Waals surface area contributed by atoms with Crippen LogP contribution in [0.2, 0.25) is 0 Å². The first-order valence-corrected chi connectivity index (χ1v) is 17.3. The van der Waals surface area contributed by atoms with E-state index in [0.717, 1.165) is 13.1 Å². The first-order chi connectivity index (χ1) is 22.3. The number of benzene rings is 1. The summed E-state index contributed by atoms with van der Waals surface area (Å²) in [4.78, 5) is 50.7. The monoisotopic (exact) mass is 702 g/mol. The Hall–Kier alpha value is -2.77. The molecular weight excluding hydrogens is 656 g/mol. The van der Waals surface area contributed by atoms with E-state index < -0.39 is 29.6 Å². The Kier molecular flexibility index (Phi) is 11.6. The Morgan fingerprint density at radius 1 is 1.11 bits per heavy atom. The number of aliphatic hydroxyl groups is 1. The van der Waals surface area contributed by atoms with E-state index in [2.05, 4.69) is 34.0 Å². The van der Waals surface area contributed by atoms with Gasteiger partial charge in [-0.1, -0.05) is 28.1 Å². The van der Waals surface area contributed by atoms with Crippen LogP contribution in [0.15, 0.2) is 49.6 Å². The lowest BCUT2D eigenvalue weighted by atomic mass is 9.70. The summed E-state index contributed by atoms with van der Waals surface area (Å²) in [5.41, 5.74) is -0.502. The standard InChI is InChI=1S/C34H47BrN4O7/c1-4-13-37(17-16-36-18-21-44-22-19-36)33(43)30-34-23-26(35)29(46-34)27(28(34)32(42)39(30)15-7-8-20-40)31(41)38(14-5-2)24-9-11-25(12-10-24)45-6-3/h4-5,9-12,26-30,40H,1-2,6-8,13-23H2,3H3/t26?,27-,28+,29-,30?,34?/m1/s1. The largest absolute Gasteiger partial charge is 0.494 e. The van der Waals surface area contributed by atoms with Gasteiger partial charge in [0.15, 0.2) is 0 Å². The van der Waals surface area contributed by atoms with E-state index in [-0.39, 0.29) is 42.2 Å². The molecule has 0 aliphatic carbocycles. The fourth-order valence-corrected chi connectivity index (χ4v) is 8.50. The highest BCUT2D eigenvalue weighted by Gasteiger charge is 2.76. The van der Waals surface area contributed by atoms with Crippen LogP contribution in [0.25, 0.3) is 0 Å². The number of nitrogens with zero attached hydrogens (tertiary/aromatic N) is 4. The summed E-state index contributed by atoms with van der Waals surface area (Å²) in [6.07, 6.45) is 4.24. The Bertz CT molecular complexity index is 1260. The average Bonchev–Trinajstić information content (AvgIpc) is 3.65. The lowest BCUT2D eigenvalue weighted by Gasteiger charge is -2.38. The Labute approximate surface area is 280 Å². The first kappa shape index (κ1) is 34.6. The van der Waals surface area contributed by atoms with Gasteiger partial charge in [-0.25, -0.2) is 0 Å². The molecule has 0 saturated carbocycles. The van der Waals surface area contributed by atoms with Crippen LogP contribution >= 0.6 is 15.9 Å². The molecule has 4 fully saturated rings. The van der Waals surface area contributed by atoms with E-state index in [9.17, 15) is 19.5 Å². The molecule has 4 aliphatic rings. The van der Waals surface area contributed by atoms with Crippen molar-refractivity contribution in [3.63, 3.8) is 0 Å². The van der Waals surface area contributed by atoms with Crippen molar-refractivity contribution >= 4 is 39.3 Å². The lowest BCUT2D eigenvalue weighted by molar-refractivity contribution is -0.148. The van der Waals surface area contributed by atoms with Gasteiger partial charge in [0.25, 0.3) is 0 Å². The van der Waals surface area contributed by atoms with Crippen molar-refractivity contribution in [3.05, 3.63) is 49.6 Å². The normalized spacial score (nSPS) is 28.6. The fraction of sp³-hybridized carbons (Fsp3) is 0.618. The van der Waals surface area contributed by atoms with Gasteiger partial charge in [-0.05, 0) is 50.5 Å². The number of fused-ring (bicyclic) bond motifs is 1. The molecule has 5 rings (SSSR count). The number of rotatable bonds is 16. The zero-order valence-electron chi connectivity index (χ0n) is 26.7. The first-order valence-electron chi connectivity index (χ1n) is 16.4. The van der Waals surface area contributed by atoms with Gasteiger partial charge in [0.05, 0.1) is 37.8 Å². The lowest BCUT2D eigenvalue weighted by Crippen LogP contribution is -2.58. The van der Waals surface area contributed by atoms with Gasteiger partial charge in [-0.3, -0.25) is 19.3 Å². The molecule has 0 aromatic heterocycles. The number of amides is 3. The van der Waals surface area contributed by atoms with Crippen LogP contribution in [0.5, 0.6) is 5.75 Å². The molecule has 252 valence electrons. The van der Waals surface area contributed by atoms with Crippen molar-refractivity contribution in [2.45, 2.75) is 48.8 Å². The zero-order chi connectivity index (χ0) is 32.8. The molecule has 4 aliphatic heterocycles. The molecule has 0 radical (unpaired) electrons. The predicted octanol–water partition coefficient (Wildman–Crippen LogP) is 2.47. The second-order valence-electron chi connectivity index (χ2n) is 12.3. The Morgan fingerprint density at radius 3 is 2.48 bits per heavy atom. The summed E-state index contributed by atoms with van der Waals surface area (Å²) < 4.78 is 17.8. The zero-order valence-corrected chi connectivity index (χ0v) is 28.3. The van der Waals surface area contributed by atoms with Crippen molar-refractivity contribution in [2.24, 2.45) is 11.8 Å². The summed E-state index contributed by atoms with van der Waals surface area (Å²) in [6.45, 7) is 15.1. The molecular formula is C34H47BrN4O7. The maximum atomic E-state index is 14.6. The minimum Gasteiger partial charge on any atom is -0.494 e. The molecule has 1 N–H and O–H groups in total. The maximum absolute atomic E-state index is 14.6. The van der Waals surface area contributed by atoms with E-state index in [0.29, 0.717) is 70.2 Å². The predicted molar refractivity (Wildman–Crippen MR) is 178 cm³/mol. The van der Waals surface area contributed by atoms with Crippen molar-refractivity contribution in [1.29, 1.82) is 0 Å². The van der Waals surface area contributed by atoms with E-state index in [4.69, 9.17) is 14.2 Å². The molecule has 1 aromatic carbocycles. The van der Waals surface area contributed by atoms with Gasteiger partial charge in [-0.15, -0.1) is 13.2 Å². The molecule has 6 atom stereocenters. The number of carbonyl (C=O) groups excluding carboxylic acids is 3. The second kappa shape index (κ2) is 15.4. The Morgan fingerprint density at radius 2 is 1.83 bits per heavy atom. The van der Waals surface area contributed by atoms with E-state index in [1.165, 1.54) is 0 Å². The van der Waals surface area contributed by atoms with Crippen LogP contribution in [-0.2, 0) is 23.9 Å². The number of likely N-dealkylation sites (tertiary alicyclic amines) is 1. The summed E-state index contributed by atoms with van der Waals surface area (Å²) in [6, 6.07) is 6.39. The molecule has 3 amide bonds. The number of aliphatic hydroxyl groups excluding tert-OH is 1. The van der Waals surface area contributed by atoms with E-state index in [1.807, 2.05) is 31.2 Å². The highest BCUT2D eigenvalue weighted by molar-refractivity contribution is 9.09. The molecule has 1 spiro atoms. The van der Waals surface area contributed by atoms with Crippen LogP contribution in [0.3, 0.4) is 0 Å². The van der Waals surface area contributed by atoms with E-state index >= 15 is 0 Å². The summed E-state index contributed by atoms with van der Waals surface area (Å²) in [5, 5.41) is 9.51. The average molecular weight is 704 g/mol. The van der Waals surface area contributed by atoms with Gasteiger partial charge in [0.1, 0.15) is 17.4 Å². The van der Waals surface area contributed by atoms with Crippen LogP contribution < -0.4 is 9.64 Å². The number of anilines is 1. The van der Waals surface area contributed by atoms with Gasteiger partial charge >= 0.3 is 0 Å². The number of morpholine rings is 1. The Balaban J connectivity index is 1.47. The van der Waals surface area contributed by atoms with Crippen LogP contribution in [0.1, 0.15) is 26.2 Å². The number of hydrogen-bond donors (Lipinski definition) is 1. The highest BCUT2D eigenvalue weighted by atomic mass is 79.9. The van der Waals surface area contributed by atoms with Gasteiger partial charge in [0, 0.05) is 62.9 Å². The SMILES string of the molecule is C=CCN(CCN1CCOCC1)C(=O)C1N(CCCCO)C(=O)[C@@H]2[C@@H](C(=O)N(CC=C)c3ccc(OCC)cc3)[C@@H]3OC12CC3Br. The number of carbonyl (C=O) groups is 3. The molecule has 2 bridgehead atoms. The van der Waals surface area contributed by atoms with E-state index in [1.54, 1.807) is 26.9 Å². The van der Waals surface area contributed by atoms with Crippen LogP contribution in [-0.4, -0.2) is 132 Å². The fourth-order valence-electron chi connectivity index (χ4n) is 7.55. The minimum atomic E-state index is -1.16. The van der Waals surface area contributed by atoms with Crippen LogP contribution in [0, 0.1) is 11.8 Å². The molecule has 12 heteroatoms. The van der Waals surface area contributed by atoms with Crippen molar-refractivity contribution in [3.8, 4) is 5.75 Å². The molecule has 4 heterocycles. The van der Waals surface area contributed by atoms with Gasteiger partial charge in [0.2, 0.25) is 17.7 Å². The molecule has 3 unspecified atom stereocenters. The third-order valence-corrected chi connectivity index (χ3v) is 10.4. The number of unbranched alkanes of at least 4 members (excludes halogenated alkanes) is 1. The van der Waals surface area contributed by atoms with Gasteiger partial charge in [-0.2, -0.15) is 0 Å². The molecule has 1 aromatic rings. The quantitative estimate of drug-likeness (QED) is 0.159.